The molecule has 3 aromatic rings. The number of hydrogen-bond donors (Lipinski definition) is 4. The van der Waals surface area contributed by atoms with Crippen molar-refractivity contribution in [3.05, 3.63) is 101 Å². The number of nitrogens with zero attached hydrogens (tertiary/aromatic N) is 1. The number of nitrogens with two attached hydrogens (primary N) is 1. The Balaban J connectivity index is 1.78. The number of aliphatic hydroxyl groups excluding tert-OH is 1. The molecule has 0 fully saturated rings. The summed E-state index contributed by atoms with van der Waals surface area (Å²) in [6, 6.07) is 18.0. The Morgan fingerprint density at radius 2 is 1.58 bits per heavy atom. The van der Waals surface area contributed by atoms with Gasteiger partial charge in [-0.2, -0.15) is 0 Å². The van der Waals surface area contributed by atoms with Crippen LogP contribution < -0.4 is 16.4 Å². The van der Waals surface area contributed by atoms with Crippen LogP contribution in [0.4, 0.5) is 0 Å². The average molecular weight is 467 g/mol. The van der Waals surface area contributed by atoms with E-state index in [0.717, 1.165) is 0 Å². The number of primary amides is 1. The molecule has 0 aliphatic heterocycles. The second-order valence-corrected chi connectivity index (χ2v) is 7.72. The van der Waals surface area contributed by atoms with Gasteiger partial charge < -0.3 is 21.5 Å². The molecule has 0 bridgehead atoms. The summed E-state index contributed by atoms with van der Waals surface area (Å²) in [5.41, 5.74) is 6.96. The van der Waals surface area contributed by atoms with Crippen LogP contribution in [0.3, 0.4) is 0 Å². The molecule has 0 aliphatic rings. The fourth-order valence-corrected chi connectivity index (χ4v) is 3.32. The van der Waals surface area contributed by atoms with Crippen molar-refractivity contribution < 1.29 is 19.5 Å². The minimum Gasteiger partial charge on any atom is -0.381 e. The van der Waals surface area contributed by atoms with Crippen LogP contribution in [0.25, 0.3) is 0 Å². The molecule has 8 nitrogen and oxygen atoms in total. The first-order valence-corrected chi connectivity index (χ1v) is 10.5. The van der Waals surface area contributed by atoms with Gasteiger partial charge in [-0.1, -0.05) is 66.2 Å². The monoisotopic (exact) mass is 466 g/mol. The van der Waals surface area contributed by atoms with Crippen LogP contribution >= 0.6 is 11.6 Å². The molecule has 1 heterocycles. The highest BCUT2D eigenvalue weighted by Crippen LogP contribution is 2.19. The zero-order valence-electron chi connectivity index (χ0n) is 17.5. The predicted octanol–water partition coefficient (Wildman–Crippen LogP) is 1.78. The quantitative estimate of drug-likeness (QED) is 0.356. The molecule has 9 heteroatoms. The number of carbonyl (C=O) groups excluding carboxylic acids is 3. The first-order chi connectivity index (χ1) is 15.8. The van der Waals surface area contributed by atoms with E-state index in [0.29, 0.717) is 16.7 Å². The van der Waals surface area contributed by atoms with Crippen LogP contribution in [-0.4, -0.2) is 40.0 Å². The lowest BCUT2D eigenvalue weighted by Gasteiger charge is -2.26. The summed E-state index contributed by atoms with van der Waals surface area (Å²) in [5, 5.41) is 16.3. The van der Waals surface area contributed by atoms with Crippen LogP contribution in [0.1, 0.15) is 27.5 Å². The zero-order chi connectivity index (χ0) is 23.8. The molecule has 33 heavy (non-hydrogen) atoms. The van der Waals surface area contributed by atoms with Crippen LogP contribution in [0, 0.1) is 0 Å². The van der Waals surface area contributed by atoms with Crippen molar-refractivity contribution in [3.63, 3.8) is 0 Å². The minimum absolute atomic E-state index is 0.0599. The van der Waals surface area contributed by atoms with Gasteiger partial charge in [-0.3, -0.25) is 14.4 Å². The fourth-order valence-electron chi connectivity index (χ4n) is 3.21. The highest BCUT2D eigenvalue weighted by molar-refractivity contribution is 6.29. The molecule has 0 saturated heterocycles. The van der Waals surface area contributed by atoms with Crippen molar-refractivity contribution in [1.82, 2.24) is 15.6 Å². The highest BCUT2D eigenvalue weighted by Gasteiger charge is 2.31. The Labute approximate surface area is 195 Å². The Morgan fingerprint density at radius 3 is 2.15 bits per heavy atom. The Hall–Kier alpha value is -3.75. The molecule has 5 N–H and O–H groups in total. The number of nitrogens with one attached hydrogen (secondary N) is 2. The average Bonchev–Trinajstić information content (AvgIpc) is 2.83. The summed E-state index contributed by atoms with van der Waals surface area (Å²) in [5.74, 6) is -2.10. The van der Waals surface area contributed by atoms with Crippen molar-refractivity contribution in [2.75, 3.05) is 0 Å². The summed E-state index contributed by atoms with van der Waals surface area (Å²) in [6.45, 7) is 0. The van der Waals surface area contributed by atoms with Crippen LogP contribution in [0.15, 0.2) is 79.0 Å². The molecule has 2 aromatic carbocycles. The molecule has 3 amide bonds. The van der Waals surface area contributed by atoms with Gasteiger partial charge >= 0.3 is 0 Å². The van der Waals surface area contributed by atoms with E-state index in [-0.39, 0.29) is 11.6 Å². The Bertz CT molecular complexity index is 1090. The summed E-state index contributed by atoms with van der Waals surface area (Å²) in [7, 11) is 0. The van der Waals surface area contributed by atoms with Crippen LogP contribution in [-0.2, 0) is 16.0 Å². The molecule has 0 aliphatic carbocycles. The number of amides is 3. The van der Waals surface area contributed by atoms with Gasteiger partial charge in [0.25, 0.3) is 11.8 Å². The van der Waals surface area contributed by atoms with E-state index in [4.69, 9.17) is 17.3 Å². The summed E-state index contributed by atoms with van der Waals surface area (Å²) in [6.07, 6.45) is -0.164. The number of aromatic nitrogens is 1. The van der Waals surface area contributed by atoms with Gasteiger partial charge in [0.05, 0.1) is 6.04 Å². The molecule has 3 atom stereocenters. The maximum atomic E-state index is 12.9. The lowest BCUT2D eigenvalue weighted by Crippen LogP contribution is -2.52. The van der Waals surface area contributed by atoms with Crippen LogP contribution in [0.2, 0.25) is 5.15 Å². The maximum absolute atomic E-state index is 12.9. The molecule has 3 rings (SSSR count). The fraction of sp³-hybridized carbons (Fsp3) is 0.167. The molecule has 170 valence electrons. The number of pyridine rings is 1. The molecular formula is C24H23ClN4O4. The lowest BCUT2D eigenvalue weighted by atomic mass is 9.99. The van der Waals surface area contributed by atoms with Gasteiger partial charge in [-0.05, 0) is 29.3 Å². The van der Waals surface area contributed by atoms with Crippen molar-refractivity contribution in [2.24, 2.45) is 5.73 Å². The van der Waals surface area contributed by atoms with Gasteiger partial charge in [-0.25, -0.2) is 4.98 Å². The number of halogens is 1. The molecule has 1 aromatic heterocycles. The van der Waals surface area contributed by atoms with Gasteiger partial charge in [-0.15, -0.1) is 0 Å². The van der Waals surface area contributed by atoms with Gasteiger partial charge in [0.1, 0.15) is 11.2 Å². The Kier molecular flexibility index (Phi) is 8.12. The van der Waals surface area contributed by atoms with E-state index < -0.39 is 35.9 Å². The number of aliphatic hydroxyl groups is 1. The minimum atomic E-state index is -1.69. The Morgan fingerprint density at radius 1 is 0.939 bits per heavy atom. The maximum Gasteiger partial charge on any atom is 0.252 e. The number of carbonyl (C=O) groups is 3. The summed E-state index contributed by atoms with van der Waals surface area (Å²) < 4.78 is 0. The van der Waals surface area contributed by atoms with E-state index in [1.807, 2.05) is 0 Å². The molecular weight excluding hydrogens is 444 g/mol. The van der Waals surface area contributed by atoms with E-state index in [9.17, 15) is 19.5 Å². The second kappa shape index (κ2) is 11.2. The standard InChI is InChI=1S/C24H23ClN4O4/c25-19-12-11-15(14-27-19)13-18(22(26)31)28-24(33)21(30)20(16-7-3-1-4-8-16)29-23(32)17-9-5-2-6-10-17/h1-12,14,18,20-21,30H,13H2,(H2,26,31)(H,28,33)(H,29,32)/t18-,20-,21+/m0/s1. The van der Waals surface area contributed by atoms with E-state index in [1.54, 1.807) is 72.8 Å². The lowest BCUT2D eigenvalue weighted by molar-refractivity contribution is -0.134. The SMILES string of the molecule is NC(=O)[C@H](Cc1ccc(Cl)nc1)NC(=O)[C@H](O)[C@@H](NC(=O)c1ccccc1)c1ccccc1. The summed E-state index contributed by atoms with van der Waals surface area (Å²) >= 11 is 5.78. The molecule has 0 unspecified atom stereocenters. The van der Waals surface area contributed by atoms with Crippen molar-refractivity contribution in [2.45, 2.75) is 24.6 Å². The van der Waals surface area contributed by atoms with E-state index in [1.165, 1.54) is 6.20 Å². The van der Waals surface area contributed by atoms with Gasteiger partial charge in [0, 0.05) is 18.2 Å². The van der Waals surface area contributed by atoms with Gasteiger partial charge in [0.2, 0.25) is 5.91 Å². The first-order valence-electron chi connectivity index (χ1n) is 10.1. The normalized spacial score (nSPS) is 13.4. The topological polar surface area (TPSA) is 134 Å². The largest absolute Gasteiger partial charge is 0.381 e. The molecule has 0 saturated carbocycles. The number of rotatable bonds is 9. The number of benzene rings is 2. The van der Waals surface area contributed by atoms with Crippen molar-refractivity contribution >= 4 is 29.3 Å². The third-order valence-corrected chi connectivity index (χ3v) is 5.18. The third-order valence-electron chi connectivity index (χ3n) is 4.95. The van der Waals surface area contributed by atoms with E-state index in [2.05, 4.69) is 15.6 Å². The third kappa shape index (κ3) is 6.61. The first kappa shape index (κ1) is 23.9. The smallest absolute Gasteiger partial charge is 0.252 e. The summed E-state index contributed by atoms with van der Waals surface area (Å²) in [4.78, 5) is 41.5. The zero-order valence-corrected chi connectivity index (χ0v) is 18.3. The predicted molar refractivity (Wildman–Crippen MR) is 123 cm³/mol. The molecule has 0 spiro atoms. The molecule has 0 radical (unpaired) electrons. The number of hydrogen-bond acceptors (Lipinski definition) is 5. The van der Waals surface area contributed by atoms with Crippen molar-refractivity contribution in [3.8, 4) is 0 Å². The van der Waals surface area contributed by atoms with Crippen molar-refractivity contribution in [1.29, 1.82) is 0 Å². The highest BCUT2D eigenvalue weighted by atomic mass is 35.5. The van der Waals surface area contributed by atoms with E-state index >= 15 is 0 Å². The van der Waals surface area contributed by atoms with Gasteiger partial charge in [0.15, 0.2) is 6.10 Å². The van der Waals surface area contributed by atoms with Crippen LogP contribution in [0.5, 0.6) is 0 Å². The second-order valence-electron chi connectivity index (χ2n) is 7.33.